The van der Waals surface area contributed by atoms with Crippen LogP contribution in [-0.2, 0) is 16.0 Å². The highest BCUT2D eigenvalue weighted by atomic mass is 16.6. The summed E-state index contributed by atoms with van der Waals surface area (Å²) in [5.74, 6) is -1.04. The van der Waals surface area contributed by atoms with E-state index >= 15 is 0 Å². The SMILES string of the molecule is CCOC(=O)c1nc(C(=O)OC(C)(C)C)cn1Cc1cc2ccc(OC)cc2cc1[N+](=O)[O-]. The lowest BCUT2D eigenvalue weighted by Crippen LogP contribution is -2.24. The number of hydrogen-bond donors (Lipinski definition) is 0. The molecule has 33 heavy (non-hydrogen) atoms. The van der Waals surface area contributed by atoms with Crippen molar-refractivity contribution >= 4 is 28.4 Å². The Kier molecular flexibility index (Phi) is 6.66. The number of carbonyl (C=O) groups excluding carboxylic acids is 2. The van der Waals surface area contributed by atoms with Crippen LogP contribution >= 0.6 is 0 Å². The van der Waals surface area contributed by atoms with E-state index in [1.54, 1.807) is 52.0 Å². The van der Waals surface area contributed by atoms with Crippen LogP contribution in [0.1, 0.15) is 54.4 Å². The quantitative estimate of drug-likeness (QED) is 0.296. The van der Waals surface area contributed by atoms with Crippen molar-refractivity contribution in [2.45, 2.75) is 39.8 Å². The summed E-state index contributed by atoms with van der Waals surface area (Å²) < 4.78 is 16.9. The van der Waals surface area contributed by atoms with Crippen LogP contribution in [0.5, 0.6) is 5.75 Å². The van der Waals surface area contributed by atoms with Gasteiger partial charge in [0, 0.05) is 12.3 Å². The number of hydrogen-bond acceptors (Lipinski definition) is 8. The summed E-state index contributed by atoms with van der Waals surface area (Å²) in [7, 11) is 1.52. The molecule has 0 fully saturated rings. The average molecular weight is 455 g/mol. The molecule has 10 nitrogen and oxygen atoms in total. The molecule has 0 N–H and O–H groups in total. The van der Waals surface area contributed by atoms with Crippen molar-refractivity contribution in [3.8, 4) is 5.75 Å². The third-order valence-corrected chi connectivity index (χ3v) is 4.62. The van der Waals surface area contributed by atoms with Crippen LogP contribution in [0.3, 0.4) is 0 Å². The van der Waals surface area contributed by atoms with Gasteiger partial charge in [0.25, 0.3) is 5.69 Å². The van der Waals surface area contributed by atoms with Gasteiger partial charge < -0.3 is 18.8 Å². The highest BCUT2D eigenvalue weighted by Gasteiger charge is 2.26. The molecular weight excluding hydrogens is 430 g/mol. The third-order valence-electron chi connectivity index (χ3n) is 4.62. The largest absolute Gasteiger partial charge is 0.497 e. The first-order valence-corrected chi connectivity index (χ1v) is 10.2. The summed E-state index contributed by atoms with van der Waals surface area (Å²) >= 11 is 0. The fraction of sp³-hybridized carbons (Fsp3) is 0.348. The highest BCUT2D eigenvalue weighted by Crippen LogP contribution is 2.30. The number of ether oxygens (including phenoxy) is 3. The molecule has 3 aromatic rings. The molecular formula is C23H25N3O7. The number of fused-ring (bicyclic) bond motifs is 1. The molecule has 10 heteroatoms. The zero-order chi connectivity index (χ0) is 24.3. The monoisotopic (exact) mass is 455 g/mol. The number of nitrogens with zero attached hydrogens (tertiary/aromatic N) is 3. The van der Waals surface area contributed by atoms with Crippen molar-refractivity contribution in [1.82, 2.24) is 9.55 Å². The van der Waals surface area contributed by atoms with Crippen LogP contribution < -0.4 is 4.74 Å². The molecule has 0 unspecified atom stereocenters. The van der Waals surface area contributed by atoms with Gasteiger partial charge in [-0.25, -0.2) is 14.6 Å². The second-order valence-electron chi connectivity index (χ2n) is 8.25. The molecule has 0 radical (unpaired) electrons. The standard InChI is InChI=1S/C23H25N3O7/c1-6-32-22(28)20-24-18(21(27)33-23(2,3)4)13-25(20)12-16-9-14-7-8-17(31-5)10-15(14)11-19(16)26(29)30/h7-11,13H,6,12H2,1-5H3. The minimum atomic E-state index is -0.761. The van der Waals surface area contributed by atoms with Gasteiger partial charge in [-0.2, -0.15) is 0 Å². The predicted octanol–water partition coefficient (Wildman–Crippen LogP) is 4.13. The molecule has 0 spiro atoms. The lowest BCUT2D eigenvalue weighted by Gasteiger charge is -2.18. The summed E-state index contributed by atoms with van der Waals surface area (Å²) in [5.41, 5.74) is -0.668. The van der Waals surface area contributed by atoms with Gasteiger partial charge in [0.15, 0.2) is 5.69 Å². The number of aromatic nitrogens is 2. The third kappa shape index (κ3) is 5.46. The van der Waals surface area contributed by atoms with Gasteiger partial charge in [-0.3, -0.25) is 10.1 Å². The van der Waals surface area contributed by atoms with E-state index < -0.39 is 22.5 Å². The number of esters is 2. The number of nitro groups is 1. The van der Waals surface area contributed by atoms with Crippen molar-refractivity contribution in [2.75, 3.05) is 13.7 Å². The molecule has 0 aliphatic carbocycles. The summed E-state index contributed by atoms with van der Waals surface area (Å²) in [4.78, 5) is 40.4. The molecule has 0 bridgehead atoms. The first-order valence-electron chi connectivity index (χ1n) is 10.2. The number of benzene rings is 2. The van der Waals surface area contributed by atoms with Crippen molar-refractivity contribution in [3.63, 3.8) is 0 Å². The lowest BCUT2D eigenvalue weighted by molar-refractivity contribution is -0.385. The smallest absolute Gasteiger partial charge is 0.374 e. The van der Waals surface area contributed by atoms with E-state index in [9.17, 15) is 19.7 Å². The maximum absolute atomic E-state index is 12.5. The maximum atomic E-state index is 12.5. The van der Waals surface area contributed by atoms with E-state index in [4.69, 9.17) is 14.2 Å². The zero-order valence-electron chi connectivity index (χ0n) is 19.1. The number of methoxy groups -OCH3 is 1. The van der Waals surface area contributed by atoms with Crippen LogP contribution in [0.15, 0.2) is 36.5 Å². The summed E-state index contributed by atoms with van der Waals surface area (Å²) in [6, 6.07) is 8.35. The van der Waals surface area contributed by atoms with Gasteiger partial charge in [-0.15, -0.1) is 0 Å². The zero-order valence-corrected chi connectivity index (χ0v) is 19.1. The molecule has 174 valence electrons. The predicted molar refractivity (Wildman–Crippen MR) is 120 cm³/mol. The minimum Gasteiger partial charge on any atom is -0.497 e. The van der Waals surface area contributed by atoms with Crippen molar-refractivity contribution in [1.29, 1.82) is 0 Å². The van der Waals surface area contributed by atoms with Crippen LogP contribution in [0.4, 0.5) is 5.69 Å². The van der Waals surface area contributed by atoms with Gasteiger partial charge in [0.1, 0.15) is 11.4 Å². The first-order chi connectivity index (χ1) is 15.5. The van der Waals surface area contributed by atoms with E-state index in [-0.39, 0.29) is 30.4 Å². The Hall–Kier alpha value is -3.95. The maximum Gasteiger partial charge on any atom is 0.374 e. The molecule has 1 heterocycles. The Morgan fingerprint density at radius 2 is 1.85 bits per heavy atom. The van der Waals surface area contributed by atoms with Gasteiger partial charge in [0.05, 0.1) is 30.7 Å². The second-order valence-corrected chi connectivity index (χ2v) is 8.25. The van der Waals surface area contributed by atoms with Crippen LogP contribution in [-0.4, -0.2) is 45.7 Å². The fourth-order valence-corrected chi connectivity index (χ4v) is 3.24. The van der Waals surface area contributed by atoms with Crippen molar-refractivity contribution < 1.29 is 28.7 Å². The van der Waals surface area contributed by atoms with Gasteiger partial charge in [0.2, 0.25) is 5.82 Å². The summed E-state index contributed by atoms with van der Waals surface area (Å²) in [6.07, 6.45) is 1.34. The van der Waals surface area contributed by atoms with Crippen LogP contribution in [0, 0.1) is 10.1 Å². The topological polar surface area (TPSA) is 123 Å². The summed E-state index contributed by atoms with van der Waals surface area (Å²) in [5, 5.41) is 13.2. The summed E-state index contributed by atoms with van der Waals surface area (Å²) in [6.45, 7) is 6.79. The van der Waals surface area contributed by atoms with Gasteiger partial charge in [-0.1, -0.05) is 6.07 Å². The van der Waals surface area contributed by atoms with E-state index in [0.29, 0.717) is 16.7 Å². The van der Waals surface area contributed by atoms with Crippen molar-refractivity contribution in [3.05, 3.63) is 63.7 Å². The van der Waals surface area contributed by atoms with E-state index in [1.807, 2.05) is 0 Å². The molecule has 0 amide bonds. The molecule has 0 aliphatic heterocycles. The Bertz CT molecular complexity index is 1220. The Morgan fingerprint density at radius 1 is 1.12 bits per heavy atom. The first kappa shape index (κ1) is 23.7. The number of rotatable bonds is 7. The fourth-order valence-electron chi connectivity index (χ4n) is 3.24. The van der Waals surface area contributed by atoms with Crippen LogP contribution in [0.2, 0.25) is 0 Å². The Balaban J connectivity index is 2.08. The van der Waals surface area contributed by atoms with E-state index in [0.717, 1.165) is 5.39 Å². The van der Waals surface area contributed by atoms with E-state index in [1.165, 1.54) is 23.9 Å². The van der Waals surface area contributed by atoms with Gasteiger partial charge in [-0.05, 0) is 56.7 Å². The number of carbonyl (C=O) groups is 2. The highest BCUT2D eigenvalue weighted by molar-refractivity contribution is 5.91. The molecule has 2 aromatic carbocycles. The number of nitro benzene ring substituents is 1. The molecule has 0 aliphatic rings. The Morgan fingerprint density at radius 3 is 2.45 bits per heavy atom. The molecule has 0 saturated carbocycles. The van der Waals surface area contributed by atoms with Crippen LogP contribution in [0.25, 0.3) is 10.8 Å². The second kappa shape index (κ2) is 9.27. The molecule has 3 rings (SSSR count). The minimum absolute atomic E-state index is 0.0811. The average Bonchev–Trinajstić information content (AvgIpc) is 3.16. The van der Waals surface area contributed by atoms with Crippen molar-refractivity contribution in [2.24, 2.45) is 0 Å². The lowest BCUT2D eigenvalue weighted by atomic mass is 10.0. The molecule has 0 saturated heterocycles. The van der Waals surface area contributed by atoms with E-state index in [2.05, 4.69) is 4.98 Å². The number of imidazole rings is 1. The normalized spacial score (nSPS) is 11.3. The molecule has 0 atom stereocenters. The Labute approximate surface area is 190 Å². The molecule has 1 aromatic heterocycles. The van der Waals surface area contributed by atoms with Gasteiger partial charge >= 0.3 is 11.9 Å².